The normalized spacial score (nSPS) is 17.7. The van der Waals surface area contributed by atoms with Crippen LogP contribution < -0.4 is 10.2 Å². The third kappa shape index (κ3) is 5.87. The first kappa shape index (κ1) is 21.6. The van der Waals surface area contributed by atoms with Gasteiger partial charge in [0, 0.05) is 6.61 Å². The molecule has 0 saturated carbocycles. The van der Waals surface area contributed by atoms with E-state index in [1.807, 2.05) is 6.92 Å². The van der Waals surface area contributed by atoms with Crippen LogP contribution in [-0.4, -0.2) is 42.0 Å². The van der Waals surface area contributed by atoms with Crippen molar-refractivity contribution in [3.63, 3.8) is 0 Å². The molecule has 1 aromatic carbocycles. The van der Waals surface area contributed by atoms with E-state index in [0.29, 0.717) is 30.8 Å². The number of thiocarbonyl (C=S) groups is 1. The number of anilines is 1. The lowest BCUT2D eigenvalue weighted by atomic mass is 9.89. The van der Waals surface area contributed by atoms with Crippen LogP contribution in [0.3, 0.4) is 0 Å². The van der Waals surface area contributed by atoms with Crippen molar-refractivity contribution < 1.29 is 19.0 Å². The number of hydrogen-bond acceptors (Lipinski definition) is 4. The molecule has 1 aromatic rings. The van der Waals surface area contributed by atoms with Gasteiger partial charge in [0.05, 0.1) is 23.8 Å². The molecule has 0 aromatic heterocycles. The Balaban J connectivity index is 2.07. The summed E-state index contributed by atoms with van der Waals surface area (Å²) < 4.78 is 20.1. The molecule has 1 aliphatic heterocycles. The maximum absolute atomic E-state index is 14.8. The van der Waals surface area contributed by atoms with Crippen LogP contribution in [0.25, 0.3) is 0 Å². The highest BCUT2D eigenvalue weighted by Crippen LogP contribution is 2.31. The van der Waals surface area contributed by atoms with E-state index < -0.39 is 6.09 Å². The van der Waals surface area contributed by atoms with E-state index in [1.54, 1.807) is 12.1 Å². The minimum absolute atomic E-state index is 0.0775. The highest BCUT2D eigenvalue weighted by Gasteiger charge is 2.32. The fourth-order valence-corrected chi connectivity index (χ4v) is 3.43. The van der Waals surface area contributed by atoms with Gasteiger partial charge in [-0.3, -0.25) is 4.90 Å². The van der Waals surface area contributed by atoms with Gasteiger partial charge in [-0.1, -0.05) is 38.6 Å². The molecule has 0 radical (unpaired) electrons. The molecule has 27 heavy (non-hydrogen) atoms. The Hall–Kier alpha value is -1.73. The van der Waals surface area contributed by atoms with Gasteiger partial charge in [0.15, 0.2) is 0 Å². The van der Waals surface area contributed by atoms with Gasteiger partial charge in [0.1, 0.15) is 11.9 Å². The number of aliphatic hydroxyl groups excluding tert-OH is 1. The second kappa shape index (κ2) is 10.6. The van der Waals surface area contributed by atoms with Gasteiger partial charge in [0.25, 0.3) is 0 Å². The minimum atomic E-state index is -0.471. The van der Waals surface area contributed by atoms with Crippen molar-refractivity contribution in [1.29, 1.82) is 0 Å². The van der Waals surface area contributed by atoms with Crippen molar-refractivity contribution in [1.82, 2.24) is 5.32 Å². The first-order valence-electron chi connectivity index (χ1n) is 9.65. The topological polar surface area (TPSA) is 61.8 Å². The number of carbonyl (C=O) groups is 1. The summed E-state index contributed by atoms with van der Waals surface area (Å²) in [7, 11) is 0. The molecule has 1 saturated heterocycles. The van der Waals surface area contributed by atoms with Gasteiger partial charge in [-0.05, 0) is 49.3 Å². The Labute approximate surface area is 165 Å². The summed E-state index contributed by atoms with van der Waals surface area (Å²) in [6.45, 7) is 4.95. The SMILES string of the molecule is CCC[C@H](CCCO)c1ccc(N2C[C@H](CNC(=S)CC)OC2=O)cc1F. The Morgan fingerprint density at radius 1 is 1.44 bits per heavy atom. The monoisotopic (exact) mass is 396 g/mol. The summed E-state index contributed by atoms with van der Waals surface area (Å²) in [4.78, 5) is 14.3. The quantitative estimate of drug-likeness (QED) is 0.582. The van der Waals surface area contributed by atoms with E-state index in [1.165, 1.54) is 11.0 Å². The van der Waals surface area contributed by atoms with E-state index in [-0.39, 0.29) is 24.4 Å². The van der Waals surface area contributed by atoms with Crippen LogP contribution >= 0.6 is 12.2 Å². The van der Waals surface area contributed by atoms with Crippen LogP contribution in [0.5, 0.6) is 0 Å². The van der Waals surface area contributed by atoms with Crippen LogP contribution in [0.4, 0.5) is 14.9 Å². The largest absolute Gasteiger partial charge is 0.442 e. The van der Waals surface area contributed by atoms with Gasteiger partial charge in [-0.25, -0.2) is 9.18 Å². The summed E-state index contributed by atoms with van der Waals surface area (Å²) in [6, 6.07) is 4.94. The number of benzene rings is 1. The van der Waals surface area contributed by atoms with Crippen molar-refractivity contribution in [2.24, 2.45) is 0 Å². The number of hydrogen-bond donors (Lipinski definition) is 2. The van der Waals surface area contributed by atoms with Crippen LogP contribution in [0.1, 0.15) is 57.4 Å². The molecule has 1 amide bonds. The standard InChI is InChI=1S/C20H29FN2O3S/c1-3-6-14(7-5-10-24)17-9-8-15(11-18(17)21)23-13-16(26-20(23)25)12-22-19(27)4-2/h8-9,11,14,16,24H,3-7,10,12-13H2,1-2H3,(H,22,27)/t14-,16+/m1/s1. The third-order valence-corrected chi connectivity index (χ3v) is 5.24. The molecule has 5 nitrogen and oxygen atoms in total. The molecule has 1 heterocycles. The minimum Gasteiger partial charge on any atom is -0.442 e. The maximum atomic E-state index is 14.8. The van der Waals surface area contributed by atoms with Crippen molar-refractivity contribution in [3.8, 4) is 0 Å². The molecule has 7 heteroatoms. The molecule has 0 aliphatic carbocycles. The van der Waals surface area contributed by atoms with E-state index in [2.05, 4.69) is 12.2 Å². The summed E-state index contributed by atoms with van der Waals surface area (Å²) in [5, 5.41) is 12.1. The molecule has 2 atom stereocenters. The molecule has 1 fully saturated rings. The Bertz CT molecular complexity index is 656. The zero-order chi connectivity index (χ0) is 19.8. The second-order valence-electron chi connectivity index (χ2n) is 6.83. The van der Waals surface area contributed by atoms with E-state index in [4.69, 9.17) is 22.1 Å². The van der Waals surface area contributed by atoms with Crippen molar-refractivity contribution in [2.75, 3.05) is 24.6 Å². The predicted octanol–water partition coefficient (Wildman–Crippen LogP) is 4.13. The van der Waals surface area contributed by atoms with Crippen LogP contribution in [0.2, 0.25) is 0 Å². The van der Waals surface area contributed by atoms with Crippen molar-refractivity contribution >= 4 is 29.0 Å². The lowest BCUT2D eigenvalue weighted by molar-refractivity contribution is 0.143. The summed E-state index contributed by atoms with van der Waals surface area (Å²) in [5.41, 5.74) is 1.15. The smallest absolute Gasteiger partial charge is 0.414 e. The van der Waals surface area contributed by atoms with Gasteiger partial charge in [-0.2, -0.15) is 0 Å². The van der Waals surface area contributed by atoms with Crippen molar-refractivity contribution in [2.45, 2.75) is 58.0 Å². The summed E-state index contributed by atoms with van der Waals surface area (Å²) >= 11 is 5.12. The number of rotatable bonds is 10. The summed E-state index contributed by atoms with van der Waals surface area (Å²) in [6.07, 6.45) is 3.17. The lowest BCUT2D eigenvalue weighted by Crippen LogP contribution is -2.33. The Kier molecular flexibility index (Phi) is 8.44. The molecule has 1 aliphatic rings. The van der Waals surface area contributed by atoms with Gasteiger partial charge < -0.3 is 15.2 Å². The third-order valence-electron chi connectivity index (χ3n) is 4.81. The highest BCUT2D eigenvalue weighted by atomic mass is 32.1. The fraction of sp³-hybridized carbons (Fsp3) is 0.600. The molecular weight excluding hydrogens is 367 g/mol. The Morgan fingerprint density at radius 3 is 2.85 bits per heavy atom. The Morgan fingerprint density at radius 2 is 2.22 bits per heavy atom. The number of aliphatic hydroxyl groups is 1. The molecule has 150 valence electrons. The maximum Gasteiger partial charge on any atom is 0.414 e. The lowest BCUT2D eigenvalue weighted by Gasteiger charge is -2.19. The molecule has 0 bridgehead atoms. The fourth-order valence-electron chi connectivity index (χ4n) is 3.35. The first-order chi connectivity index (χ1) is 13.0. The van der Waals surface area contributed by atoms with E-state index in [0.717, 1.165) is 30.7 Å². The number of cyclic esters (lactones) is 1. The predicted molar refractivity (Wildman–Crippen MR) is 109 cm³/mol. The molecule has 0 spiro atoms. The number of ether oxygens (including phenoxy) is 1. The van der Waals surface area contributed by atoms with Gasteiger partial charge in [-0.15, -0.1) is 0 Å². The second-order valence-corrected chi connectivity index (χ2v) is 7.32. The molecule has 2 rings (SSSR count). The zero-order valence-corrected chi connectivity index (χ0v) is 16.9. The number of nitrogens with one attached hydrogen (secondary N) is 1. The van der Waals surface area contributed by atoms with E-state index >= 15 is 0 Å². The number of carbonyl (C=O) groups excluding carboxylic acids is 1. The van der Waals surface area contributed by atoms with Gasteiger partial charge in [0.2, 0.25) is 0 Å². The number of halogens is 1. The molecule has 2 N–H and O–H groups in total. The molecule has 0 unspecified atom stereocenters. The molecular formula is C20H29FN2O3S. The number of nitrogens with zero attached hydrogens (tertiary/aromatic N) is 1. The van der Waals surface area contributed by atoms with Crippen LogP contribution in [0.15, 0.2) is 18.2 Å². The zero-order valence-electron chi connectivity index (χ0n) is 16.0. The number of amides is 1. The van der Waals surface area contributed by atoms with Crippen molar-refractivity contribution in [3.05, 3.63) is 29.6 Å². The van der Waals surface area contributed by atoms with E-state index in [9.17, 15) is 9.18 Å². The summed E-state index contributed by atoms with van der Waals surface area (Å²) in [5.74, 6) is -0.237. The average molecular weight is 397 g/mol. The first-order valence-corrected chi connectivity index (χ1v) is 10.1. The van der Waals surface area contributed by atoms with Crippen LogP contribution in [0, 0.1) is 5.82 Å². The highest BCUT2D eigenvalue weighted by molar-refractivity contribution is 7.80. The average Bonchev–Trinajstić information content (AvgIpc) is 3.04. The van der Waals surface area contributed by atoms with Gasteiger partial charge >= 0.3 is 6.09 Å². The van der Waals surface area contributed by atoms with Crippen LogP contribution in [-0.2, 0) is 4.74 Å².